The molecule has 0 N–H and O–H groups in total. The molecule has 1 aliphatic carbocycles. The molecule has 0 amide bonds. The predicted molar refractivity (Wildman–Crippen MR) is 126 cm³/mol. The topological polar surface area (TPSA) is 31.8 Å². The molecule has 1 fully saturated rings. The highest BCUT2D eigenvalue weighted by molar-refractivity contribution is 5.86. The van der Waals surface area contributed by atoms with Crippen molar-refractivity contribution in [2.45, 2.75) is 25.8 Å². The summed E-state index contributed by atoms with van der Waals surface area (Å²) >= 11 is 0. The molecule has 2 aromatic carbocycles. The summed E-state index contributed by atoms with van der Waals surface area (Å²) < 4.78 is 5.99. The maximum Gasteiger partial charge on any atom is 0.220 e. The van der Waals surface area contributed by atoms with Crippen molar-refractivity contribution in [1.29, 1.82) is 0 Å². The Bertz CT molecular complexity index is 1090. The fraction of sp³-hybridized carbons (Fsp3) is 0.346. The fourth-order valence-electron chi connectivity index (χ4n) is 4.68. The van der Waals surface area contributed by atoms with Crippen LogP contribution in [0.2, 0.25) is 0 Å². The van der Waals surface area contributed by atoms with Crippen molar-refractivity contribution in [2.24, 2.45) is 5.92 Å². The van der Waals surface area contributed by atoms with E-state index in [2.05, 4.69) is 66.3 Å². The molecule has 0 bridgehead atoms. The van der Waals surface area contributed by atoms with Gasteiger partial charge in [-0.1, -0.05) is 24.3 Å². The number of aryl methyl sites for hydroxylation is 1. The number of nitrogens with zero attached hydrogens (tertiary/aromatic N) is 4. The molecule has 0 spiro atoms. The highest BCUT2D eigenvalue weighted by Gasteiger charge is 2.34. The van der Waals surface area contributed by atoms with E-state index in [1.807, 2.05) is 36.4 Å². The minimum atomic E-state index is 0.633. The Balaban J connectivity index is 1.30. The van der Waals surface area contributed by atoms with E-state index in [9.17, 15) is 0 Å². The second-order valence-electron chi connectivity index (χ2n) is 9.07. The fourth-order valence-corrected chi connectivity index (χ4v) is 4.68. The summed E-state index contributed by atoms with van der Waals surface area (Å²) in [7, 11) is 4.33. The predicted octanol–water partition coefficient (Wildman–Crippen LogP) is 5.23. The van der Waals surface area contributed by atoms with E-state index in [0.717, 1.165) is 29.2 Å². The van der Waals surface area contributed by atoms with Gasteiger partial charge in [0, 0.05) is 42.1 Å². The molecule has 1 aliphatic heterocycles. The Hall–Kier alpha value is -3.05. The van der Waals surface area contributed by atoms with E-state index in [-0.39, 0.29) is 0 Å². The molecule has 160 valence electrons. The first-order chi connectivity index (χ1) is 15.0. The Labute approximate surface area is 184 Å². The largest absolute Gasteiger partial charge is 0.439 e. The van der Waals surface area contributed by atoms with Gasteiger partial charge in [0.2, 0.25) is 5.88 Å². The van der Waals surface area contributed by atoms with Crippen LogP contribution in [0.3, 0.4) is 0 Å². The number of rotatable bonds is 6. The Morgan fingerprint density at radius 3 is 2.61 bits per heavy atom. The molecule has 5 nitrogen and oxygen atoms in total. The van der Waals surface area contributed by atoms with Gasteiger partial charge in [0.25, 0.3) is 0 Å². The molecule has 31 heavy (non-hydrogen) atoms. The van der Waals surface area contributed by atoms with Crippen LogP contribution in [0.5, 0.6) is 11.6 Å². The minimum absolute atomic E-state index is 0.633. The second kappa shape index (κ2) is 8.23. The van der Waals surface area contributed by atoms with Crippen molar-refractivity contribution in [3.05, 3.63) is 72.6 Å². The highest BCUT2D eigenvalue weighted by atomic mass is 16.5. The number of pyridine rings is 1. The number of anilines is 1. The Kier molecular flexibility index (Phi) is 5.28. The molecule has 5 heteroatoms. The zero-order valence-corrected chi connectivity index (χ0v) is 18.5. The summed E-state index contributed by atoms with van der Waals surface area (Å²) in [6, 6.07) is 19.0. The molecule has 0 radical (unpaired) electrons. The van der Waals surface area contributed by atoms with Crippen LogP contribution in [0, 0.1) is 12.8 Å². The quantitative estimate of drug-likeness (QED) is 0.552. The van der Waals surface area contributed by atoms with Crippen molar-refractivity contribution in [3.8, 4) is 11.6 Å². The lowest BCUT2D eigenvalue weighted by molar-refractivity contribution is 0.105. The lowest BCUT2D eigenvalue weighted by Gasteiger charge is -2.42. The van der Waals surface area contributed by atoms with E-state index >= 15 is 0 Å². The van der Waals surface area contributed by atoms with Crippen LogP contribution in [-0.2, 0) is 0 Å². The number of hydrogen-bond acceptors (Lipinski definition) is 5. The molecule has 0 saturated heterocycles. The Morgan fingerprint density at radius 1 is 1.03 bits per heavy atom. The van der Waals surface area contributed by atoms with Gasteiger partial charge in [-0.3, -0.25) is 0 Å². The lowest BCUT2D eigenvalue weighted by Crippen LogP contribution is -2.45. The molecular formula is C26H30N4O. The van der Waals surface area contributed by atoms with Gasteiger partial charge in [0.1, 0.15) is 5.75 Å². The van der Waals surface area contributed by atoms with E-state index in [0.29, 0.717) is 11.9 Å². The zero-order valence-electron chi connectivity index (χ0n) is 18.5. The number of para-hydroxylation sites is 1. The van der Waals surface area contributed by atoms with E-state index in [4.69, 9.17) is 9.72 Å². The van der Waals surface area contributed by atoms with Gasteiger partial charge in [0.05, 0.1) is 12.2 Å². The third-order valence-electron chi connectivity index (χ3n) is 6.33. The molecule has 0 atom stereocenters. The first-order valence-electron chi connectivity index (χ1n) is 11.0. The summed E-state index contributed by atoms with van der Waals surface area (Å²) in [5.41, 5.74) is 3.30. The van der Waals surface area contributed by atoms with Crippen LogP contribution in [0.25, 0.3) is 10.9 Å². The maximum atomic E-state index is 5.99. The summed E-state index contributed by atoms with van der Waals surface area (Å²) in [6.45, 7) is 4.21. The first kappa shape index (κ1) is 19.9. The summed E-state index contributed by atoms with van der Waals surface area (Å²) in [4.78, 5) is 11.9. The molecule has 1 aromatic heterocycles. The standard InChI is InChI=1S/C26H30N4O/c1-19-13-26(31-23-7-5-4-6-8-23)27-25-16-21(9-10-24(19)25)29-11-12-30(18-29)22-14-20(15-22)17-28(2)3/h4-13,16,20,22H,14-15,17-18H2,1-3H3. The number of ether oxygens (including phenoxy) is 1. The van der Waals surface area contributed by atoms with Gasteiger partial charge in [-0.15, -0.1) is 0 Å². The molecule has 0 unspecified atom stereocenters. The summed E-state index contributed by atoms with van der Waals surface area (Å²) in [5.74, 6) is 2.27. The zero-order chi connectivity index (χ0) is 21.4. The van der Waals surface area contributed by atoms with Crippen LogP contribution < -0.4 is 9.64 Å². The van der Waals surface area contributed by atoms with Crippen molar-refractivity contribution in [1.82, 2.24) is 14.8 Å². The van der Waals surface area contributed by atoms with Crippen LogP contribution >= 0.6 is 0 Å². The Morgan fingerprint density at radius 2 is 1.84 bits per heavy atom. The first-order valence-corrected chi connectivity index (χ1v) is 11.0. The SMILES string of the molecule is Cc1cc(Oc2ccccc2)nc2cc(N3C=CN(C4CC(CN(C)C)C4)C3)ccc12. The van der Waals surface area contributed by atoms with Crippen LogP contribution in [0.4, 0.5) is 5.69 Å². The summed E-state index contributed by atoms with van der Waals surface area (Å²) in [6.07, 6.45) is 7.01. The van der Waals surface area contributed by atoms with Crippen molar-refractivity contribution in [3.63, 3.8) is 0 Å². The molecular weight excluding hydrogens is 384 g/mol. The van der Waals surface area contributed by atoms with Gasteiger partial charge in [-0.05, 0) is 69.6 Å². The lowest BCUT2D eigenvalue weighted by atomic mass is 9.79. The smallest absolute Gasteiger partial charge is 0.220 e. The highest BCUT2D eigenvalue weighted by Crippen LogP contribution is 2.35. The third kappa shape index (κ3) is 4.23. The molecule has 5 rings (SSSR count). The van der Waals surface area contributed by atoms with E-state index < -0.39 is 0 Å². The van der Waals surface area contributed by atoms with Gasteiger partial charge in [0.15, 0.2) is 0 Å². The molecule has 2 aliphatic rings. The van der Waals surface area contributed by atoms with Gasteiger partial charge in [-0.2, -0.15) is 0 Å². The maximum absolute atomic E-state index is 5.99. The molecule has 2 heterocycles. The van der Waals surface area contributed by atoms with Crippen molar-refractivity contribution in [2.75, 3.05) is 32.2 Å². The van der Waals surface area contributed by atoms with Crippen LogP contribution in [0.1, 0.15) is 18.4 Å². The normalized spacial score (nSPS) is 20.5. The van der Waals surface area contributed by atoms with E-state index in [1.165, 1.54) is 30.6 Å². The number of benzene rings is 2. The van der Waals surface area contributed by atoms with Gasteiger partial charge in [-0.25, -0.2) is 4.98 Å². The number of hydrogen-bond donors (Lipinski definition) is 0. The van der Waals surface area contributed by atoms with Crippen molar-refractivity contribution < 1.29 is 4.74 Å². The van der Waals surface area contributed by atoms with Crippen molar-refractivity contribution >= 4 is 16.6 Å². The summed E-state index contributed by atoms with van der Waals surface area (Å²) in [5, 5.41) is 1.16. The van der Waals surface area contributed by atoms with Crippen LogP contribution in [0.15, 0.2) is 67.0 Å². The average molecular weight is 415 g/mol. The van der Waals surface area contributed by atoms with Crippen LogP contribution in [-0.4, -0.2) is 48.1 Å². The monoisotopic (exact) mass is 414 g/mol. The average Bonchev–Trinajstić information content (AvgIpc) is 3.20. The number of aromatic nitrogens is 1. The molecule has 1 saturated carbocycles. The van der Waals surface area contributed by atoms with Gasteiger partial charge >= 0.3 is 0 Å². The van der Waals surface area contributed by atoms with Gasteiger partial charge < -0.3 is 19.4 Å². The number of fused-ring (bicyclic) bond motifs is 1. The molecule has 3 aromatic rings. The second-order valence-corrected chi connectivity index (χ2v) is 9.07. The van der Waals surface area contributed by atoms with E-state index in [1.54, 1.807) is 0 Å². The third-order valence-corrected chi connectivity index (χ3v) is 6.33. The minimum Gasteiger partial charge on any atom is -0.439 e.